The third-order valence-electron chi connectivity index (χ3n) is 2.69. The lowest BCUT2D eigenvalue weighted by molar-refractivity contribution is 0.629. The van der Waals surface area contributed by atoms with E-state index in [2.05, 4.69) is 21.2 Å². The second-order valence-electron chi connectivity index (χ2n) is 4.02. The molecule has 0 atom stereocenters. The van der Waals surface area contributed by atoms with Gasteiger partial charge in [0, 0.05) is 16.0 Å². The summed E-state index contributed by atoms with van der Waals surface area (Å²) in [4.78, 5) is 0. The fraction of sp³-hybridized carbons (Fsp3) is 0.143. The van der Waals surface area contributed by atoms with Gasteiger partial charge in [0.25, 0.3) is 0 Å². The van der Waals surface area contributed by atoms with Crippen molar-refractivity contribution in [3.63, 3.8) is 0 Å². The third kappa shape index (κ3) is 3.03. The zero-order valence-electron chi connectivity index (χ0n) is 9.81. The minimum Gasteiger partial charge on any atom is -0.378 e. The molecular weight excluding hydrogens is 317 g/mol. The zero-order chi connectivity index (χ0) is 13.1. The average Bonchev–Trinajstić information content (AvgIpc) is 2.31. The van der Waals surface area contributed by atoms with Gasteiger partial charge in [0.15, 0.2) is 0 Å². The Labute approximate surface area is 119 Å². The Morgan fingerprint density at radius 2 is 2.06 bits per heavy atom. The zero-order valence-corrected chi connectivity index (χ0v) is 12.1. The first-order chi connectivity index (χ1) is 8.58. The number of hydrogen-bond donors (Lipinski definition) is 1. The second-order valence-corrected chi connectivity index (χ2v) is 5.34. The molecule has 0 radical (unpaired) electrons. The Balaban J connectivity index is 2.16. The minimum atomic E-state index is -0.247. The first-order valence-corrected chi connectivity index (χ1v) is 6.68. The van der Waals surface area contributed by atoms with Gasteiger partial charge in [0.1, 0.15) is 5.82 Å². The predicted molar refractivity (Wildman–Crippen MR) is 77.6 cm³/mol. The van der Waals surface area contributed by atoms with Crippen molar-refractivity contribution < 1.29 is 4.39 Å². The Morgan fingerprint density at radius 1 is 1.28 bits per heavy atom. The molecule has 0 spiro atoms. The molecule has 18 heavy (non-hydrogen) atoms. The number of benzene rings is 2. The van der Waals surface area contributed by atoms with Gasteiger partial charge in [-0.15, -0.1) is 0 Å². The molecule has 0 aliphatic rings. The Morgan fingerprint density at radius 3 is 2.72 bits per heavy atom. The van der Waals surface area contributed by atoms with E-state index < -0.39 is 0 Å². The van der Waals surface area contributed by atoms with Crippen molar-refractivity contribution in [2.24, 2.45) is 0 Å². The van der Waals surface area contributed by atoms with Crippen molar-refractivity contribution in [1.82, 2.24) is 0 Å². The van der Waals surface area contributed by atoms with Crippen molar-refractivity contribution in [2.75, 3.05) is 5.32 Å². The minimum absolute atomic E-state index is 0.247. The summed E-state index contributed by atoms with van der Waals surface area (Å²) in [5.41, 5.74) is 2.34. The number of hydrogen-bond acceptors (Lipinski definition) is 1. The molecule has 1 N–H and O–H groups in total. The van der Waals surface area contributed by atoms with E-state index in [-0.39, 0.29) is 5.82 Å². The van der Waals surface area contributed by atoms with Crippen LogP contribution in [0.4, 0.5) is 10.1 Å². The molecule has 2 aromatic rings. The quantitative estimate of drug-likeness (QED) is 0.820. The third-order valence-corrected chi connectivity index (χ3v) is 3.54. The van der Waals surface area contributed by atoms with Crippen molar-refractivity contribution in [3.8, 4) is 0 Å². The highest BCUT2D eigenvalue weighted by atomic mass is 79.9. The highest BCUT2D eigenvalue weighted by molar-refractivity contribution is 9.10. The fourth-order valence-corrected chi connectivity index (χ4v) is 2.44. The number of aryl methyl sites for hydroxylation is 1. The van der Waals surface area contributed by atoms with Crippen LogP contribution in [0.5, 0.6) is 0 Å². The summed E-state index contributed by atoms with van der Waals surface area (Å²) in [6.45, 7) is 2.36. The number of rotatable bonds is 3. The largest absolute Gasteiger partial charge is 0.378 e. The Kier molecular flexibility index (Phi) is 4.25. The van der Waals surface area contributed by atoms with E-state index >= 15 is 0 Å². The topological polar surface area (TPSA) is 12.0 Å². The number of para-hydroxylation sites is 1. The molecule has 0 saturated carbocycles. The van der Waals surface area contributed by atoms with E-state index in [0.717, 1.165) is 15.6 Å². The van der Waals surface area contributed by atoms with Crippen LogP contribution in [0.15, 0.2) is 40.9 Å². The molecule has 0 heterocycles. The molecule has 94 valence electrons. The summed E-state index contributed by atoms with van der Waals surface area (Å²) in [7, 11) is 0. The van der Waals surface area contributed by atoms with Crippen LogP contribution in [0.25, 0.3) is 0 Å². The van der Waals surface area contributed by atoms with Gasteiger partial charge in [-0.3, -0.25) is 0 Å². The van der Waals surface area contributed by atoms with E-state index in [9.17, 15) is 4.39 Å². The standard InChI is InChI=1S/C14H12BrClFN/c1-9-3-2-4-13(17)14(9)18-8-10-5-6-11(15)7-12(10)16/h2-7,18H,8H2,1H3. The highest BCUT2D eigenvalue weighted by Crippen LogP contribution is 2.24. The molecule has 2 aromatic carbocycles. The predicted octanol–water partition coefficient (Wildman–Crippen LogP) is 5.16. The SMILES string of the molecule is Cc1cccc(F)c1NCc1ccc(Br)cc1Cl. The van der Waals surface area contributed by atoms with Gasteiger partial charge in [-0.25, -0.2) is 4.39 Å². The molecular formula is C14H12BrClFN. The van der Waals surface area contributed by atoms with Crippen LogP contribution >= 0.6 is 27.5 Å². The molecule has 0 aromatic heterocycles. The Hall–Kier alpha value is -1.06. The van der Waals surface area contributed by atoms with Crippen molar-refractivity contribution in [3.05, 3.63) is 62.8 Å². The van der Waals surface area contributed by atoms with Crippen LogP contribution in [0.3, 0.4) is 0 Å². The first kappa shape index (κ1) is 13.4. The number of anilines is 1. The van der Waals surface area contributed by atoms with Crippen molar-refractivity contribution >= 4 is 33.2 Å². The summed E-state index contributed by atoms with van der Waals surface area (Å²) >= 11 is 9.46. The molecule has 0 bridgehead atoms. The molecule has 1 nitrogen and oxygen atoms in total. The lowest BCUT2D eigenvalue weighted by atomic mass is 10.1. The van der Waals surface area contributed by atoms with Crippen LogP contribution < -0.4 is 5.32 Å². The molecule has 0 unspecified atom stereocenters. The van der Waals surface area contributed by atoms with E-state index in [0.29, 0.717) is 17.3 Å². The monoisotopic (exact) mass is 327 g/mol. The van der Waals surface area contributed by atoms with Crippen LogP contribution in [0.1, 0.15) is 11.1 Å². The molecule has 0 amide bonds. The maximum atomic E-state index is 13.6. The fourth-order valence-electron chi connectivity index (χ4n) is 1.70. The van der Waals surface area contributed by atoms with E-state index in [4.69, 9.17) is 11.6 Å². The normalized spacial score (nSPS) is 10.4. The molecule has 4 heteroatoms. The molecule has 0 aliphatic carbocycles. The van der Waals surface area contributed by atoms with Gasteiger partial charge in [-0.05, 0) is 36.2 Å². The van der Waals surface area contributed by atoms with Crippen molar-refractivity contribution in [1.29, 1.82) is 0 Å². The average molecular weight is 329 g/mol. The van der Waals surface area contributed by atoms with Gasteiger partial charge in [-0.2, -0.15) is 0 Å². The summed E-state index contributed by atoms with van der Waals surface area (Å²) < 4.78 is 14.5. The second kappa shape index (κ2) is 5.72. The smallest absolute Gasteiger partial charge is 0.146 e. The van der Waals surface area contributed by atoms with Gasteiger partial charge in [0.05, 0.1) is 5.69 Å². The van der Waals surface area contributed by atoms with Crippen LogP contribution in [0.2, 0.25) is 5.02 Å². The summed E-state index contributed by atoms with van der Waals surface area (Å²) in [6.07, 6.45) is 0. The van der Waals surface area contributed by atoms with Crippen LogP contribution in [-0.4, -0.2) is 0 Å². The van der Waals surface area contributed by atoms with Crippen molar-refractivity contribution in [2.45, 2.75) is 13.5 Å². The molecule has 2 rings (SSSR count). The summed E-state index contributed by atoms with van der Waals surface area (Å²) in [6, 6.07) is 10.7. The van der Waals surface area contributed by atoms with Crippen LogP contribution in [0, 0.1) is 12.7 Å². The molecule has 0 fully saturated rings. The summed E-state index contributed by atoms with van der Waals surface area (Å²) in [5.74, 6) is -0.247. The van der Waals surface area contributed by atoms with E-state index in [1.807, 2.05) is 31.2 Å². The Bertz CT molecular complexity index is 551. The van der Waals surface area contributed by atoms with Crippen LogP contribution in [-0.2, 0) is 6.54 Å². The highest BCUT2D eigenvalue weighted by Gasteiger charge is 2.06. The van der Waals surface area contributed by atoms with E-state index in [1.165, 1.54) is 6.07 Å². The van der Waals surface area contributed by atoms with E-state index in [1.54, 1.807) is 6.07 Å². The summed E-state index contributed by atoms with van der Waals surface area (Å²) in [5, 5.41) is 3.74. The maximum Gasteiger partial charge on any atom is 0.146 e. The van der Waals surface area contributed by atoms with Gasteiger partial charge >= 0.3 is 0 Å². The van der Waals surface area contributed by atoms with Gasteiger partial charge < -0.3 is 5.32 Å². The van der Waals surface area contributed by atoms with Gasteiger partial charge in [-0.1, -0.05) is 45.7 Å². The number of halogens is 3. The molecule has 0 saturated heterocycles. The lowest BCUT2D eigenvalue weighted by Gasteiger charge is -2.11. The maximum absolute atomic E-state index is 13.6. The first-order valence-electron chi connectivity index (χ1n) is 5.51. The van der Waals surface area contributed by atoms with Gasteiger partial charge in [0.2, 0.25) is 0 Å². The number of nitrogens with one attached hydrogen (secondary N) is 1. The molecule has 0 aliphatic heterocycles. The lowest BCUT2D eigenvalue weighted by Crippen LogP contribution is -2.03.